The van der Waals surface area contributed by atoms with Gasteiger partial charge in [-0.2, -0.15) is 0 Å². The summed E-state index contributed by atoms with van der Waals surface area (Å²) in [5, 5.41) is -0.629. The Labute approximate surface area is 206 Å². The number of benzene rings is 1. The molecule has 0 amide bonds. The second-order valence-corrected chi connectivity index (χ2v) is 12.5. The van der Waals surface area contributed by atoms with Crippen molar-refractivity contribution >= 4 is 20.9 Å². The van der Waals surface area contributed by atoms with E-state index in [0.717, 1.165) is 6.07 Å². The minimum Gasteiger partial charge on any atom is -0.347 e. The molecule has 1 saturated carbocycles. The third-order valence-corrected chi connectivity index (χ3v) is 8.08. The van der Waals surface area contributed by atoms with Crippen LogP contribution in [0.2, 0.25) is 0 Å². The fraction of sp³-hybridized carbons (Fsp3) is 0.480. The summed E-state index contributed by atoms with van der Waals surface area (Å²) in [6.07, 6.45) is -2.64. The van der Waals surface area contributed by atoms with Crippen LogP contribution in [0, 0.1) is 18.2 Å². The van der Waals surface area contributed by atoms with Gasteiger partial charge in [0.05, 0.1) is 5.25 Å². The molecule has 1 aliphatic rings. The van der Waals surface area contributed by atoms with Crippen LogP contribution in [-0.4, -0.2) is 29.6 Å². The number of nitrogens with one attached hydrogen (secondary N) is 1. The summed E-state index contributed by atoms with van der Waals surface area (Å²) < 4.78 is 100. The molecule has 0 radical (unpaired) electrons. The molecule has 0 unspecified atom stereocenters. The smallest absolute Gasteiger partial charge is 0.280 e. The van der Waals surface area contributed by atoms with Crippen molar-refractivity contribution in [3.05, 3.63) is 53.2 Å². The van der Waals surface area contributed by atoms with Gasteiger partial charge in [0.1, 0.15) is 17.6 Å². The number of hydrogen-bond acceptors (Lipinski definition) is 3. The van der Waals surface area contributed by atoms with Gasteiger partial charge >= 0.3 is 0 Å². The summed E-state index contributed by atoms with van der Waals surface area (Å²) in [6, 6.07) is 1.97. The van der Waals surface area contributed by atoms with Crippen LogP contribution >= 0.6 is 0 Å². The van der Waals surface area contributed by atoms with Crippen molar-refractivity contribution in [1.29, 1.82) is 0 Å². The first-order chi connectivity index (χ1) is 16.7. The van der Waals surface area contributed by atoms with Crippen LogP contribution in [-0.2, 0) is 16.6 Å². The topological polar surface area (TPSA) is 64.0 Å². The predicted molar refractivity (Wildman–Crippen MR) is 128 cm³/mol. The minimum atomic E-state index is -3.98. The molecule has 3 aromatic rings. The Hall–Kier alpha value is -2.53. The van der Waals surface area contributed by atoms with Gasteiger partial charge in [0.25, 0.3) is 12.9 Å². The molecular weight excluding hydrogens is 501 g/mol. The number of sulfonamides is 1. The van der Waals surface area contributed by atoms with Crippen molar-refractivity contribution in [2.45, 2.75) is 71.2 Å². The summed E-state index contributed by atoms with van der Waals surface area (Å²) in [6.45, 7) is 7.65. The van der Waals surface area contributed by atoms with Crippen LogP contribution in [0.1, 0.15) is 62.9 Å². The second-order valence-electron chi connectivity index (χ2n) is 10.5. The number of nitrogens with zero attached hydrogens (tertiary/aromatic N) is 2. The fourth-order valence-corrected chi connectivity index (χ4v) is 5.95. The number of fused-ring (bicyclic) bond motifs is 1. The molecule has 0 saturated heterocycles. The Balaban J connectivity index is 1.95. The summed E-state index contributed by atoms with van der Waals surface area (Å²) in [4.78, 5) is 3.74. The molecule has 2 aromatic heterocycles. The maximum atomic E-state index is 15.5. The highest BCUT2D eigenvalue weighted by atomic mass is 32.2. The molecule has 1 N–H and O–H groups in total. The van der Waals surface area contributed by atoms with E-state index < -0.39 is 45.7 Å². The molecule has 1 atom stereocenters. The number of aromatic nitrogens is 2. The van der Waals surface area contributed by atoms with Crippen LogP contribution in [0.15, 0.2) is 30.6 Å². The van der Waals surface area contributed by atoms with Crippen molar-refractivity contribution in [1.82, 2.24) is 14.3 Å². The summed E-state index contributed by atoms with van der Waals surface area (Å²) in [5.41, 5.74) is -0.455. The van der Waals surface area contributed by atoms with Gasteiger partial charge in [-0.3, -0.25) is 4.98 Å². The first-order valence-corrected chi connectivity index (χ1v) is 13.1. The summed E-state index contributed by atoms with van der Waals surface area (Å²) >= 11 is 0. The standard InChI is InChI=1S/C25H28F5N3O2S/c1-13-7-8-31-22(24(29)30)20(13)16-10-19-15(9-18(16)26)17(11-33(19)12-25(2,3)4)21(23(27)28)32-36(34,35)14-5-6-14/h7-11,14,21,23-24,32H,5-6,12H2,1-4H3/t21-/m0/s1. The van der Waals surface area contributed by atoms with Crippen molar-refractivity contribution in [3.63, 3.8) is 0 Å². The van der Waals surface area contributed by atoms with Gasteiger partial charge in [-0.05, 0) is 48.9 Å². The molecule has 5 nitrogen and oxygen atoms in total. The van der Waals surface area contributed by atoms with Crippen LogP contribution in [0.25, 0.3) is 22.0 Å². The largest absolute Gasteiger partial charge is 0.347 e. The van der Waals surface area contributed by atoms with Gasteiger partial charge in [-0.15, -0.1) is 0 Å². The van der Waals surface area contributed by atoms with E-state index in [0.29, 0.717) is 30.5 Å². The third kappa shape index (κ3) is 5.27. The van der Waals surface area contributed by atoms with Gasteiger partial charge in [0, 0.05) is 46.5 Å². The number of alkyl halides is 4. The molecule has 1 fully saturated rings. The van der Waals surface area contributed by atoms with Gasteiger partial charge in [0.2, 0.25) is 10.0 Å². The Bertz CT molecular complexity index is 1390. The molecule has 0 bridgehead atoms. The quantitative estimate of drug-likeness (QED) is 0.338. The van der Waals surface area contributed by atoms with E-state index in [9.17, 15) is 26.0 Å². The average Bonchev–Trinajstić information content (AvgIpc) is 3.56. The molecule has 36 heavy (non-hydrogen) atoms. The zero-order valence-electron chi connectivity index (χ0n) is 20.3. The lowest BCUT2D eigenvalue weighted by Gasteiger charge is -2.20. The summed E-state index contributed by atoms with van der Waals surface area (Å²) in [7, 11) is -3.98. The van der Waals surface area contributed by atoms with Crippen LogP contribution < -0.4 is 4.72 Å². The van der Waals surface area contributed by atoms with Crippen LogP contribution in [0.3, 0.4) is 0 Å². The van der Waals surface area contributed by atoms with E-state index in [1.54, 1.807) is 11.5 Å². The van der Waals surface area contributed by atoms with Crippen LogP contribution in [0.4, 0.5) is 22.0 Å². The summed E-state index contributed by atoms with van der Waals surface area (Å²) in [5.74, 6) is -0.895. The van der Waals surface area contributed by atoms with Crippen LogP contribution in [0.5, 0.6) is 0 Å². The number of pyridine rings is 1. The number of halogens is 5. The van der Waals surface area contributed by atoms with Gasteiger partial charge < -0.3 is 4.57 Å². The highest BCUT2D eigenvalue weighted by Crippen LogP contribution is 2.40. The van der Waals surface area contributed by atoms with Crippen molar-refractivity contribution in [3.8, 4) is 11.1 Å². The lowest BCUT2D eigenvalue weighted by atomic mass is 9.95. The molecular formula is C25H28F5N3O2S. The van der Waals surface area contributed by atoms with Crippen molar-refractivity contribution in [2.24, 2.45) is 5.41 Å². The maximum Gasteiger partial charge on any atom is 0.280 e. The third-order valence-electron chi connectivity index (χ3n) is 6.15. The zero-order valence-corrected chi connectivity index (χ0v) is 21.1. The second kappa shape index (κ2) is 9.41. The first kappa shape index (κ1) is 26.5. The van der Waals surface area contributed by atoms with Gasteiger partial charge in [-0.25, -0.2) is 35.1 Å². The van der Waals surface area contributed by atoms with E-state index >= 15 is 4.39 Å². The normalized spacial score (nSPS) is 15.9. The molecule has 1 aromatic carbocycles. The zero-order chi connectivity index (χ0) is 26.6. The first-order valence-electron chi connectivity index (χ1n) is 11.5. The minimum absolute atomic E-state index is 0.0585. The van der Waals surface area contributed by atoms with E-state index in [1.165, 1.54) is 24.5 Å². The number of aryl methyl sites for hydroxylation is 1. The van der Waals surface area contributed by atoms with E-state index in [4.69, 9.17) is 0 Å². The Morgan fingerprint density at radius 3 is 2.39 bits per heavy atom. The molecule has 0 aliphatic heterocycles. The van der Waals surface area contributed by atoms with Gasteiger partial charge in [-0.1, -0.05) is 20.8 Å². The van der Waals surface area contributed by atoms with E-state index in [2.05, 4.69) is 9.71 Å². The Morgan fingerprint density at radius 2 is 1.83 bits per heavy atom. The fourth-order valence-electron chi connectivity index (χ4n) is 4.42. The highest BCUT2D eigenvalue weighted by molar-refractivity contribution is 7.90. The molecule has 196 valence electrons. The van der Waals surface area contributed by atoms with E-state index in [1.807, 2.05) is 20.8 Å². The number of hydrogen-bond donors (Lipinski definition) is 1. The van der Waals surface area contributed by atoms with Crippen molar-refractivity contribution in [2.75, 3.05) is 0 Å². The molecule has 1 aliphatic carbocycles. The molecule has 11 heteroatoms. The molecule has 0 spiro atoms. The Kier molecular flexibility index (Phi) is 6.93. The van der Waals surface area contributed by atoms with Crippen molar-refractivity contribution < 1.29 is 30.4 Å². The maximum absolute atomic E-state index is 15.5. The van der Waals surface area contributed by atoms with E-state index in [-0.39, 0.29) is 27.5 Å². The predicted octanol–water partition coefficient (Wildman–Crippen LogP) is 6.52. The Morgan fingerprint density at radius 1 is 1.17 bits per heavy atom. The number of rotatable bonds is 8. The highest BCUT2D eigenvalue weighted by Gasteiger charge is 2.40. The molecule has 4 rings (SSSR count). The molecule has 2 heterocycles. The lowest BCUT2D eigenvalue weighted by molar-refractivity contribution is 0.109. The monoisotopic (exact) mass is 529 g/mol. The SMILES string of the molecule is Cc1ccnc(C(F)F)c1-c1cc2c(cc1F)c([C@H](NS(=O)(=O)C1CC1)C(F)F)cn2CC(C)(C)C. The van der Waals surface area contributed by atoms with Gasteiger partial charge in [0.15, 0.2) is 0 Å². The lowest BCUT2D eigenvalue weighted by Crippen LogP contribution is -2.35. The average molecular weight is 530 g/mol.